The number of nitrogens with one attached hydrogen (secondary N) is 1. The largest absolute Gasteiger partial charge is 0.359 e. The second-order valence-corrected chi connectivity index (χ2v) is 6.85. The summed E-state index contributed by atoms with van der Waals surface area (Å²) in [6.07, 6.45) is 6.96. The molecule has 1 unspecified atom stereocenters. The Kier molecular flexibility index (Phi) is 3.74. The number of hydrogen-bond donors (Lipinski definition) is 1. The average Bonchev–Trinajstić information content (AvgIpc) is 2.81. The van der Waals surface area contributed by atoms with Crippen LogP contribution in [0, 0.1) is 12.8 Å². The van der Waals surface area contributed by atoms with Gasteiger partial charge in [-0.3, -0.25) is 0 Å². The molecule has 1 aromatic heterocycles. The van der Waals surface area contributed by atoms with E-state index in [2.05, 4.69) is 37.4 Å². The van der Waals surface area contributed by atoms with Crippen molar-refractivity contribution in [2.75, 3.05) is 5.32 Å². The SMILES string of the molecule is Cc1ccc2sc(NC(C)C3CCCCC3)nc2c1. The van der Waals surface area contributed by atoms with Gasteiger partial charge in [0.15, 0.2) is 5.13 Å². The molecule has 1 aromatic carbocycles. The van der Waals surface area contributed by atoms with Gasteiger partial charge in [0.25, 0.3) is 0 Å². The molecule has 1 atom stereocenters. The van der Waals surface area contributed by atoms with Crippen LogP contribution in [-0.2, 0) is 0 Å². The molecule has 0 amide bonds. The van der Waals surface area contributed by atoms with Gasteiger partial charge < -0.3 is 5.32 Å². The number of rotatable bonds is 3. The summed E-state index contributed by atoms with van der Waals surface area (Å²) >= 11 is 1.78. The molecule has 0 aliphatic heterocycles. The molecule has 1 N–H and O–H groups in total. The molecular formula is C16H22N2S. The lowest BCUT2D eigenvalue weighted by atomic mass is 9.85. The Morgan fingerprint density at radius 2 is 2.05 bits per heavy atom. The molecule has 1 aliphatic rings. The predicted octanol–water partition coefficient (Wildman–Crippen LogP) is 4.99. The standard InChI is InChI=1S/C16H22N2S/c1-11-8-9-15-14(10-11)18-16(19-15)17-12(2)13-6-4-3-5-7-13/h8-10,12-13H,3-7H2,1-2H3,(H,17,18). The van der Waals surface area contributed by atoms with Crippen LogP contribution in [0.1, 0.15) is 44.6 Å². The number of benzene rings is 1. The average molecular weight is 274 g/mol. The highest BCUT2D eigenvalue weighted by Crippen LogP contribution is 2.31. The van der Waals surface area contributed by atoms with Crippen molar-refractivity contribution in [3.05, 3.63) is 23.8 Å². The Hall–Kier alpha value is -1.09. The Balaban J connectivity index is 1.73. The van der Waals surface area contributed by atoms with Crippen LogP contribution in [0.15, 0.2) is 18.2 Å². The third-order valence-corrected chi connectivity index (χ3v) is 5.22. The first kappa shape index (κ1) is 12.9. The molecule has 3 heteroatoms. The maximum atomic E-state index is 4.72. The molecule has 0 radical (unpaired) electrons. The summed E-state index contributed by atoms with van der Waals surface area (Å²) < 4.78 is 1.28. The maximum absolute atomic E-state index is 4.72. The van der Waals surface area contributed by atoms with Crippen LogP contribution in [-0.4, -0.2) is 11.0 Å². The van der Waals surface area contributed by atoms with Crippen LogP contribution in [0.25, 0.3) is 10.2 Å². The van der Waals surface area contributed by atoms with Gasteiger partial charge in [-0.05, 0) is 50.3 Å². The van der Waals surface area contributed by atoms with Gasteiger partial charge >= 0.3 is 0 Å². The molecule has 2 aromatic rings. The number of aryl methyl sites for hydroxylation is 1. The van der Waals surface area contributed by atoms with Crippen molar-refractivity contribution < 1.29 is 0 Å². The maximum Gasteiger partial charge on any atom is 0.184 e. The molecule has 0 saturated heterocycles. The van der Waals surface area contributed by atoms with Gasteiger partial charge in [0, 0.05) is 6.04 Å². The van der Waals surface area contributed by atoms with E-state index in [9.17, 15) is 0 Å². The minimum absolute atomic E-state index is 0.543. The van der Waals surface area contributed by atoms with Crippen LogP contribution < -0.4 is 5.32 Å². The molecule has 2 nitrogen and oxygen atoms in total. The lowest BCUT2D eigenvalue weighted by Crippen LogP contribution is -2.27. The number of anilines is 1. The van der Waals surface area contributed by atoms with E-state index in [1.165, 1.54) is 42.4 Å². The number of aromatic nitrogens is 1. The van der Waals surface area contributed by atoms with Gasteiger partial charge in [0.1, 0.15) is 0 Å². The van der Waals surface area contributed by atoms with Gasteiger partial charge in [-0.1, -0.05) is 36.7 Å². The molecule has 102 valence electrons. The quantitative estimate of drug-likeness (QED) is 0.853. The molecular weight excluding hydrogens is 252 g/mol. The van der Waals surface area contributed by atoms with Crippen LogP contribution in [0.4, 0.5) is 5.13 Å². The van der Waals surface area contributed by atoms with E-state index < -0.39 is 0 Å². The fraction of sp³-hybridized carbons (Fsp3) is 0.562. The van der Waals surface area contributed by atoms with Crippen molar-refractivity contribution in [2.45, 2.75) is 52.0 Å². The number of thiazole rings is 1. The fourth-order valence-corrected chi connectivity index (χ4v) is 3.99. The van der Waals surface area contributed by atoms with Crippen molar-refractivity contribution in [1.82, 2.24) is 4.98 Å². The molecule has 3 rings (SSSR count). The number of hydrogen-bond acceptors (Lipinski definition) is 3. The lowest BCUT2D eigenvalue weighted by Gasteiger charge is -2.28. The van der Waals surface area contributed by atoms with Gasteiger partial charge in [-0.25, -0.2) is 4.98 Å². The van der Waals surface area contributed by atoms with Gasteiger partial charge in [-0.2, -0.15) is 0 Å². The molecule has 1 aliphatic carbocycles. The summed E-state index contributed by atoms with van der Waals surface area (Å²) in [6.45, 7) is 4.43. The summed E-state index contributed by atoms with van der Waals surface area (Å²) in [6, 6.07) is 7.05. The van der Waals surface area contributed by atoms with Crippen LogP contribution in [0.5, 0.6) is 0 Å². The van der Waals surface area contributed by atoms with E-state index in [0.717, 1.165) is 16.6 Å². The highest BCUT2D eigenvalue weighted by molar-refractivity contribution is 7.22. The highest BCUT2D eigenvalue weighted by Gasteiger charge is 2.20. The highest BCUT2D eigenvalue weighted by atomic mass is 32.1. The molecule has 0 bridgehead atoms. The first-order valence-electron chi connectivity index (χ1n) is 7.36. The first-order chi connectivity index (χ1) is 9.22. The van der Waals surface area contributed by atoms with Crippen LogP contribution >= 0.6 is 11.3 Å². The Morgan fingerprint density at radius 1 is 1.26 bits per heavy atom. The second kappa shape index (κ2) is 5.49. The topological polar surface area (TPSA) is 24.9 Å². The summed E-state index contributed by atoms with van der Waals surface area (Å²) in [7, 11) is 0. The summed E-state index contributed by atoms with van der Waals surface area (Å²) in [5.74, 6) is 0.822. The van der Waals surface area contributed by atoms with E-state index in [1.54, 1.807) is 11.3 Å². The molecule has 1 fully saturated rings. The smallest absolute Gasteiger partial charge is 0.184 e. The Bertz CT molecular complexity index is 555. The van der Waals surface area contributed by atoms with E-state index in [1.807, 2.05) is 0 Å². The van der Waals surface area contributed by atoms with Crippen molar-refractivity contribution >= 4 is 26.7 Å². The van der Waals surface area contributed by atoms with Crippen molar-refractivity contribution in [1.29, 1.82) is 0 Å². The Morgan fingerprint density at radius 3 is 2.84 bits per heavy atom. The minimum Gasteiger partial charge on any atom is -0.359 e. The van der Waals surface area contributed by atoms with Crippen LogP contribution in [0.2, 0.25) is 0 Å². The first-order valence-corrected chi connectivity index (χ1v) is 8.18. The fourth-order valence-electron chi connectivity index (χ4n) is 3.05. The molecule has 19 heavy (non-hydrogen) atoms. The zero-order chi connectivity index (χ0) is 13.2. The van der Waals surface area contributed by atoms with E-state index in [4.69, 9.17) is 4.98 Å². The van der Waals surface area contributed by atoms with Crippen molar-refractivity contribution in [3.8, 4) is 0 Å². The number of fused-ring (bicyclic) bond motifs is 1. The van der Waals surface area contributed by atoms with Crippen molar-refractivity contribution in [3.63, 3.8) is 0 Å². The second-order valence-electron chi connectivity index (χ2n) is 5.82. The van der Waals surface area contributed by atoms with E-state index >= 15 is 0 Å². The summed E-state index contributed by atoms with van der Waals surface area (Å²) in [4.78, 5) is 4.72. The predicted molar refractivity (Wildman–Crippen MR) is 84.0 cm³/mol. The zero-order valence-corrected chi connectivity index (χ0v) is 12.6. The van der Waals surface area contributed by atoms with E-state index in [-0.39, 0.29) is 0 Å². The molecule has 0 spiro atoms. The van der Waals surface area contributed by atoms with Crippen LogP contribution in [0.3, 0.4) is 0 Å². The van der Waals surface area contributed by atoms with Gasteiger partial charge in [-0.15, -0.1) is 0 Å². The summed E-state index contributed by atoms with van der Waals surface area (Å²) in [5.41, 5.74) is 2.41. The number of nitrogens with zero attached hydrogens (tertiary/aromatic N) is 1. The van der Waals surface area contributed by atoms with E-state index in [0.29, 0.717) is 6.04 Å². The third-order valence-electron chi connectivity index (χ3n) is 4.25. The lowest BCUT2D eigenvalue weighted by molar-refractivity contribution is 0.328. The molecule has 1 saturated carbocycles. The molecule has 1 heterocycles. The summed E-state index contributed by atoms with van der Waals surface area (Å²) in [5, 5.41) is 4.71. The van der Waals surface area contributed by atoms with Crippen molar-refractivity contribution in [2.24, 2.45) is 5.92 Å². The Labute approximate surface area is 119 Å². The monoisotopic (exact) mass is 274 g/mol. The minimum atomic E-state index is 0.543. The van der Waals surface area contributed by atoms with Gasteiger partial charge in [0.2, 0.25) is 0 Å². The van der Waals surface area contributed by atoms with Gasteiger partial charge in [0.05, 0.1) is 10.2 Å². The normalized spacial score (nSPS) is 18.6. The zero-order valence-electron chi connectivity index (χ0n) is 11.8. The third kappa shape index (κ3) is 2.92.